The summed E-state index contributed by atoms with van der Waals surface area (Å²) in [5.41, 5.74) is 1.76. The zero-order valence-electron chi connectivity index (χ0n) is 15.1. The van der Waals surface area contributed by atoms with Crippen LogP contribution in [0.3, 0.4) is 0 Å². The Bertz CT molecular complexity index is 761. The highest BCUT2D eigenvalue weighted by molar-refractivity contribution is 6.16. The summed E-state index contributed by atoms with van der Waals surface area (Å²) < 4.78 is 9.95. The summed E-state index contributed by atoms with van der Waals surface area (Å²) in [5, 5.41) is 9.71. The summed E-state index contributed by atoms with van der Waals surface area (Å²) in [6.07, 6.45) is 1.61. The van der Waals surface area contributed by atoms with E-state index < -0.39 is 5.97 Å². The monoisotopic (exact) mass is 345 g/mol. The van der Waals surface area contributed by atoms with Crippen LogP contribution in [-0.4, -0.2) is 42.6 Å². The number of methoxy groups -OCH3 is 2. The third-order valence-electron chi connectivity index (χ3n) is 3.96. The van der Waals surface area contributed by atoms with E-state index in [-0.39, 0.29) is 28.7 Å². The topological polar surface area (TPSA) is 76.1 Å². The van der Waals surface area contributed by atoms with E-state index in [0.717, 1.165) is 0 Å². The van der Waals surface area contributed by atoms with Crippen molar-refractivity contribution in [2.45, 2.75) is 20.8 Å². The summed E-state index contributed by atoms with van der Waals surface area (Å²) >= 11 is 0. The van der Waals surface area contributed by atoms with Crippen molar-refractivity contribution in [1.82, 2.24) is 4.90 Å². The zero-order chi connectivity index (χ0) is 18.7. The van der Waals surface area contributed by atoms with E-state index >= 15 is 0 Å². The quantitative estimate of drug-likeness (QED) is 0.656. The highest BCUT2D eigenvalue weighted by Gasteiger charge is 2.37. The second kappa shape index (κ2) is 7.42. The highest BCUT2D eigenvalue weighted by Crippen LogP contribution is 2.33. The number of rotatable bonds is 5. The average Bonchev–Trinajstić information content (AvgIpc) is 2.80. The van der Waals surface area contributed by atoms with E-state index in [1.54, 1.807) is 30.0 Å². The Morgan fingerprint density at radius 3 is 2.56 bits per heavy atom. The standard InChI is InChI=1S/C19H23NO5/c1-11(2)10-20-12(3)17(19(23)25-5)14(18(20)22)8-13-6-7-15(21)16(9-13)24-4/h6-9,11,21H,10H2,1-5H3/b14-8-. The van der Waals surface area contributed by atoms with Crippen LogP contribution in [0.2, 0.25) is 0 Å². The van der Waals surface area contributed by atoms with Gasteiger partial charge in [0.15, 0.2) is 11.5 Å². The first-order valence-electron chi connectivity index (χ1n) is 8.00. The van der Waals surface area contributed by atoms with E-state index in [2.05, 4.69) is 0 Å². The van der Waals surface area contributed by atoms with Gasteiger partial charge in [-0.3, -0.25) is 4.79 Å². The Balaban J connectivity index is 2.53. The van der Waals surface area contributed by atoms with Crippen molar-refractivity contribution in [3.8, 4) is 11.5 Å². The molecule has 6 heteroatoms. The van der Waals surface area contributed by atoms with Crippen molar-refractivity contribution in [2.24, 2.45) is 5.92 Å². The highest BCUT2D eigenvalue weighted by atomic mass is 16.5. The lowest BCUT2D eigenvalue weighted by Gasteiger charge is -2.19. The Hall–Kier alpha value is -2.76. The number of hydrogen-bond acceptors (Lipinski definition) is 5. The predicted octanol–water partition coefficient (Wildman–Crippen LogP) is 2.73. The van der Waals surface area contributed by atoms with Crippen molar-refractivity contribution in [3.05, 3.63) is 40.6 Å². The first kappa shape index (κ1) is 18.6. The van der Waals surface area contributed by atoms with Gasteiger partial charge in [0.25, 0.3) is 5.91 Å². The van der Waals surface area contributed by atoms with Gasteiger partial charge in [-0.05, 0) is 36.6 Å². The number of carbonyl (C=O) groups excluding carboxylic acids is 2. The third kappa shape index (κ3) is 3.68. The molecule has 6 nitrogen and oxygen atoms in total. The second-order valence-electron chi connectivity index (χ2n) is 6.25. The van der Waals surface area contributed by atoms with Crippen molar-refractivity contribution in [2.75, 3.05) is 20.8 Å². The van der Waals surface area contributed by atoms with E-state index in [4.69, 9.17) is 9.47 Å². The minimum absolute atomic E-state index is 0.00347. The van der Waals surface area contributed by atoms with Crippen LogP contribution < -0.4 is 4.74 Å². The molecule has 1 aliphatic rings. The largest absolute Gasteiger partial charge is 0.504 e. The molecule has 0 fully saturated rings. The molecule has 0 radical (unpaired) electrons. The van der Waals surface area contributed by atoms with Crippen LogP contribution in [0.1, 0.15) is 26.3 Å². The lowest BCUT2D eigenvalue weighted by atomic mass is 10.0. The molecule has 0 saturated heterocycles. The number of hydrogen-bond donors (Lipinski definition) is 1. The maximum atomic E-state index is 12.8. The first-order valence-corrected chi connectivity index (χ1v) is 8.00. The molecule has 0 saturated carbocycles. The summed E-state index contributed by atoms with van der Waals surface area (Å²) in [6.45, 7) is 6.27. The van der Waals surface area contributed by atoms with Gasteiger partial charge in [0.2, 0.25) is 0 Å². The van der Waals surface area contributed by atoms with Gasteiger partial charge in [0.05, 0.1) is 25.4 Å². The predicted molar refractivity (Wildman–Crippen MR) is 93.9 cm³/mol. The molecular weight excluding hydrogens is 322 g/mol. The fraction of sp³-hybridized carbons (Fsp3) is 0.368. The Morgan fingerprint density at radius 2 is 2.00 bits per heavy atom. The van der Waals surface area contributed by atoms with Crippen molar-refractivity contribution in [1.29, 1.82) is 0 Å². The van der Waals surface area contributed by atoms with Crippen molar-refractivity contribution >= 4 is 18.0 Å². The van der Waals surface area contributed by atoms with E-state index in [0.29, 0.717) is 23.6 Å². The lowest BCUT2D eigenvalue weighted by molar-refractivity contribution is -0.136. The van der Waals surface area contributed by atoms with Crippen LogP contribution >= 0.6 is 0 Å². The summed E-state index contributed by atoms with van der Waals surface area (Å²) in [6, 6.07) is 4.73. The number of allylic oxidation sites excluding steroid dienone is 1. The van der Waals surface area contributed by atoms with Gasteiger partial charge < -0.3 is 19.5 Å². The van der Waals surface area contributed by atoms with Crippen LogP contribution in [0, 0.1) is 5.92 Å². The van der Waals surface area contributed by atoms with Crippen LogP contribution in [0.5, 0.6) is 11.5 Å². The minimum atomic E-state index is -0.547. The average molecular weight is 345 g/mol. The van der Waals surface area contributed by atoms with Gasteiger partial charge in [-0.25, -0.2) is 4.79 Å². The summed E-state index contributed by atoms with van der Waals surface area (Å²) in [4.78, 5) is 26.6. The number of carbonyl (C=O) groups is 2. The van der Waals surface area contributed by atoms with Gasteiger partial charge in [-0.2, -0.15) is 0 Å². The summed E-state index contributed by atoms with van der Waals surface area (Å²) in [7, 11) is 2.74. The molecule has 1 heterocycles. The zero-order valence-corrected chi connectivity index (χ0v) is 15.1. The fourth-order valence-corrected chi connectivity index (χ4v) is 2.76. The van der Waals surface area contributed by atoms with Gasteiger partial charge >= 0.3 is 5.97 Å². The molecule has 1 aromatic rings. The number of phenolic OH excluding ortho intramolecular Hbond substituents is 1. The number of nitrogens with zero attached hydrogens (tertiary/aromatic N) is 1. The van der Waals surface area contributed by atoms with Gasteiger partial charge in [-0.1, -0.05) is 19.9 Å². The smallest absolute Gasteiger partial charge is 0.340 e. The van der Waals surface area contributed by atoms with Gasteiger partial charge in [-0.15, -0.1) is 0 Å². The van der Waals surface area contributed by atoms with E-state index in [1.807, 2.05) is 13.8 Å². The lowest BCUT2D eigenvalue weighted by Crippen LogP contribution is -2.28. The number of aromatic hydroxyl groups is 1. The van der Waals surface area contributed by atoms with Gasteiger partial charge in [0.1, 0.15) is 0 Å². The molecule has 25 heavy (non-hydrogen) atoms. The Kier molecular flexibility index (Phi) is 5.51. The van der Waals surface area contributed by atoms with Crippen molar-refractivity contribution in [3.63, 3.8) is 0 Å². The molecular formula is C19H23NO5. The number of benzene rings is 1. The molecule has 0 aliphatic carbocycles. The minimum Gasteiger partial charge on any atom is -0.504 e. The van der Waals surface area contributed by atoms with Crippen LogP contribution in [-0.2, 0) is 14.3 Å². The van der Waals surface area contributed by atoms with Crippen molar-refractivity contribution < 1.29 is 24.2 Å². The molecule has 0 unspecified atom stereocenters. The molecule has 1 N–H and O–H groups in total. The maximum Gasteiger partial charge on any atom is 0.340 e. The van der Waals surface area contributed by atoms with Crippen LogP contribution in [0.25, 0.3) is 6.08 Å². The van der Waals surface area contributed by atoms with E-state index in [9.17, 15) is 14.7 Å². The molecule has 0 spiro atoms. The molecule has 1 amide bonds. The SMILES string of the molecule is COC(=O)C1=C(C)N(CC(C)C)C(=O)/C1=C\c1ccc(O)c(OC)c1. The van der Waals surface area contributed by atoms with Crippen LogP contribution in [0.15, 0.2) is 35.0 Å². The van der Waals surface area contributed by atoms with Crippen LogP contribution in [0.4, 0.5) is 0 Å². The summed E-state index contributed by atoms with van der Waals surface area (Å²) in [5.74, 6) is -0.235. The molecule has 134 valence electrons. The number of amides is 1. The maximum absolute atomic E-state index is 12.8. The number of ether oxygens (including phenoxy) is 2. The normalized spacial score (nSPS) is 16.2. The number of phenols is 1. The second-order valence-corrected chi connectivity index (χ2v) is 6.25. The molecule has 0 aromatic heterocycles. The van der Waals surface area contributed by atoms with E-state index in [1.165, 1.54) is 20.3 Å². The molecule has 2 rings (SSSR count). The fourth-order valence-electron chi connectivity index (χ4n) is 2.76. The molecule has 0 bridgehead atoms. The molecule has 1 aliphatic heterocycles. The first-order chi connectivity index (χ1) is 11.8. The molecule has 1 aromatic carbocycles. The molecule has 0 atom stereocenters. The Morgan fingerprint density at radius 1 is 1.32 bits per heavy atom. The number of esters is 1. The van der Waals surface area contributed by atoms with Gasteiger partial charge in [0, 0.05) is 12.2 Å². The third-order valence-corrected chi connectivity index (χ3v) is 3.96. The Labute approximate surface area is 147 Å².